The van der Waals surface area contributed by atoms with Crippen LogP contribution >= 0.6 is 0 Å². The van der Waals surface area contributed by atoms with Gasteiger partial charge in [-0.2, -0.15) is 0 Å². The maximum atomic E-state index is 13.6. The quantitative estimate of drug-likeness (QED) is 0.193. The number of aryl methyl sites for hydroxylation is 1. The summed E-state index contributed by atoms with van der Waals surface area (Å²) in [6.45, 7) is 8.05. The van der Waals surface area contributed by atoms with Crippen molar-refractivity contribution in [2.75, 3.05) is 19.1 Å². The summed E-state index contributed by atoms with van der Waals surface area (Å²) < 4.78 is 10.3. The van der Waals surface area contributed by atoms with E-state index < -0.39 is 17.7 Å². The summed E-state index contributed by atoms with van der Waals surface area (Å²) in [5.41, 5.74) is 3.78. The van der Waals surface area contributed by atoms with Crippen LogP contribution in [0.2, 0.25) is 0 Å². The average molecular weight is 528 g/mol. The van der Waals surface area contributed by atoms with Gasteiger partial charge in [0.15, 0.2) is 0 Å². The summed E-state index contributed by atoms with van der Waals surface area (Å²) >= 11 is 0. The maximum absolute atomic E-state index is 13.6. The van der Waals surface area contributed by atoms with E-state index in [0.717, 1.165) is 11.1 Å². The summed E-state index contributed by atoms with van der Waals surface area (Å²) in [6, 6.07) is 18.9. The number of aliphatic hydroxyl groups excluding tert-OH is 1. The third kappa shape index (κ3) is 5.30. The molecule has 3 aromatic rings. The highest BCUT2D eigenvalue weighted by Crippen LogP contribution is 2.44. The molecule has 0 aromatic heterocycles. The lowest BCUT2D eigenvalue weighted by atomic mass is 9.85. The molecule has 1 fully saturated rings. The maximum Gasteiger partial charge on any atom is 0.309 e. The molecule has 3 aromatic carbocycles. The smallest absolute Gasteiger partial charge is 0.309 e. The number of ether oxygens (including phenoxy) is 2. The van der Waals surface area contributed by atoms with Crippen molar-refractivity contribution >= 4 is 29.1 Å². The van der Waals surface area contributed by atoms with Gasteiger partial charge in [0.1, 0.15) is 11.5 Å². The molecule has 202 valence electrons. The van der Waals surface area contributed by atoms with Gasteiger partial charge in [0.05, 0.1) is 37.8 Å². The number of methoxy groups -OCH3 is 2. The molecular formula is C32H33NO6. The van der Waals surface area contributed by atoms with Crippen LogP contribution in [0.1, 0.15) is 54.6 Å². The van der Waals surface area contributed by atoms with Gasteiger partial charge in [-0.05, 0) is 58.9 Å². The highest BCUT2D eigenvalue weighted by atomic mass is 16.5. The van der Waals surface area contributed by atoms with Gasteiger partial charge in [-0.3, -0.25) is 19.3 Å². The van der Waals surface area contributed by atoms with Crippen molar-refractivity contribution in [3.8, 4) is 5.75 Å². The second-order valence-corrected chi connectivity index (χ2v) is 10.6. The number of carbonyl (C=O) groups is 3. The van der Waals surface area contributed by atoms with Crippen molar-refractivity contribution in [2.45, 2.75) is 45.6 Å². The Bertz CT molecular complexity index is 1460. The van der Waals surface area contributed by atoms with Crippen LogP contribution in [-0.2, 0) is 31.0 Å². The van der Waals surface area contributed by atoms with E-state index in [2.05, 4.69) is 20.8 Å². The molecule has 1 N–H and O–H groups in total. The predicted octanol–water partition coefficient (Wildman–Crippen LogP) is 5.64. The van der Waals surface area contributed by atoms with Gasteiger partial charge in [-0.1, -0.05) is 63.2 Å². The van der Waals surface area contributed by atoms with Crippen LogP contribution in [0.4, 0.5) is 5.69 Å². The molecular weight excluding hydrogens is 494 g/mol. The number of benzene rings is 3. The number of esters is 1. The van der Waals surface area contributed by atoms with Gasteiger partial charge in [0, 0.05) is 5.69 Å². The third-order valence-electron chi connectivity index (χ3n) is 7.04. The number of nitrogens with zero attached hydrogens (tertiary/aromatic N) is 1. The number of amides is 1. The van der Waals surface area contributed by atoms with Gasteiger partial charge in [-0.25, -0.2) is 0 Å². The van der Waals surface area contributed by atoms with Gasteiger partial charge in [0.2, 0.25) is 0 Å². The molecule has 0 saturated carbocycles. The van der Waals surface area contributed by atoms with E-state index in [-0.39, 0.29) is 29.1 Å². The minimum atomic E-state index is -0.874. The van der Waals surface area contributed by atoms with Crippen molar-refractivity contribution in [1.29, 1.82) is 0 Å². The molecule has 4 rings (SSSR count). The van der Waals surface area contributed by atoms with Crippen LogP contribution < -0.4 is 9.64 Å². The predicted molar refractivity (Wildman–Crippen MR) is 150 cm³/mol. The largest absolute Gasteiger partial charge is 0.507 e. The molecule has 0 bridgehead atoms. The Morgan fingerprint density at radius 1 is 0.974 bits per heavy atom. The van der Waals surface area contributed by atoms with Crippen LogP contribution in [0.3, 0.4) is 0 Å². The number of Topliss-reactive ketones (excluding diaryl/α,β-unsaturated/α-hetero) is 1. The van der Waals surface area contributed by atoms with Crippen LogP contribution in [0.25, 0.3) is 5.76 Å². The topological polar surface area (TPSA) is 93.1 Å². The minimum absolute atomic E-state index is 0.0164. The molecule has 1 aliphatic rings. The molecule has 1 saturated heterocycles. The van der Waals surface area contributed by atoms with E-state index in [0.29, 0.717) is 28.1 Å². The summed E-state index contributed by atoms with van der Waals surface area (Å²) in [6.07, 6.45) is 0.0841. The van der Waals surface area contributed by atoms with Crippen molar-refractivity contribution in [3.05, 3.63) is 100 Å². The number of aliphatic hydroxyl groups is 1. The van der Waals surface area contributed by atoms with Crippen LogP contribution in [0, 0.1) is 6.92 Å². The Balaban J connectivity index is 1.93. The first kappa shape index (κ1) is 27.6. The lowest BCUT2D eigenvalue weighted by Gasteiger charge is -2.27. The first-order chi connectivity index (χ1) is 18.5. The molecule has 0 radical (unpaired) electrons. The van der Waals surface area contributed by atoms with E-state index in [1.54, 1.807) is 36.4 Å². The monoisotopic (exact) mass is 527 g/mol. The fraction of sp³-hybridized carbons (Fsp3) is 0.281. The number of hydrogen-bond donors (Lipinski definition) is 1. The molecule has 1 heterocycles. The molecule has 0 spiro atoms. The molecule has 1 atom stereocenters. The Morgan fingerprint density at radius 2 is 1.64 bits per heavy atom. The normalized spacial score (nSPS) is 16.9. The fourth-order valence-electron chi connectivity index (χ4n) is 4.80. The number of hydrogen-bond acceptors (Lipinski definition) is 6. The van der Waals surface area contributed by atoms with Crippen LogP contribution in [-0.4, -0.2) is 37.0 Å². The van der Waals surface area contributed by atoms with Crippen molar-refractivity contribution in [3.63, 3.8) is 0 Å². The summed E-state index contributed by atoms with van der Waals surface area (Å²) in [4.78, 5) is 40.3. The summed E-state index contributed by atoms with van der Waals surface area (Å²) in [7, 11) is 2.82. The first-order valence-corrected chi connectivity index (χ1v) is 12.7. The van der Waals surface area contributed by atoms with E-state index >= 15 is 0 Å². The summed E-state index contributed by atoms with van der Waals surface area (Å²) in [5, 5.41) is 11.7. The van der Waals surface area contributed by atoms with Crippen molar-refractivity contribution in [2.24, 2.45) is 0 Å². The fourth-order valence-corrected chi connectivity index (χ4v) is 4.80. The zero-order valence-corrected chi connectivity index (χ0v) is 23.1. The minimum Gasteiger partial charge on any atom is -0.507 e. The standard InChI is InChI=1S/C32H33NO6/c1-19-9-7-8-10-23(19)28-27(29(35)24-18-21(32(2,3)4)13-16-25(24)38-5)30(36)31(37)33(28)22-14-11-20(12-15-22)17-26(34)39-6/h7-16,18,28,35H,17H2,1-6H3/b29-27+. The lowest BCUT2D eigenvalue weighted by molar-refractivity contribution is -0.139. The summed E-state index contributed by atoms with van der Waals surface area (Å²) in [5.74, 6) is -1.83. The molecule has 7 heteroatoms. The Labute approximate surface area is 228 Å². The highest BCUT2D eigenvalue weighted by molar-refractivity contribution is 6.51. The van der Waals surface area contributed by atoms with Gasteiger partial charge < -0.3 is 14.6 Å². The highest BCUT2D eigenvalue weighted by Gasteiger charge is 2.47. The second-order valence-electron chi connectivity index (χ2n) is 10.6. The van der Waals surface area contributed by atoms with Crippen LogP contribution in [0.5, 0.6) is 5.75 Å². The SMILES string of the molecule is COC(=O)Cc1ccc(N2C(=O)C(=O)/C(=C(/O)c3cc(C(C)(C)C)ccc3OC)C2c2ccccc2C)cc1. The van der Waals surface area contributed by atoms with Crippen molar-refractivity contribution in [1.82, 2.24) is 0 Å². The third-order valence-corrected chi connectivity index (χ3v) is 7.04. The van der Waals surface area contributed by atoms with E-state index in [9.17, 15) is 19.5 Å². The van der Waals surface area contributed by atoms with E-state index in [4.69, 9.17) is 9.47 Å². The Kier molecular flexibility index (Phi) is 7.63. The first-order valence-electron chi connectivity index (χ1n) is 12.7. The molecule has 0 aliphatic carbocycles. The molecule has 1 unspecified atom stereocenters. The molecule has 1 aliphatic heterocycles. The van der Waals surface area contributed by atoms with Gasteiger partial charge in [-0.15, -0.1) is 0 Å². The molecule has 1 amide bonds. The number of anilines is 1. The average Bonchev–Trinajstić information content (AvgIpc) is 3.17. The van der Waals surface area contributed by atoms with Gasteiger partial charge >= 0.3 is 5.97 Å². The molecule has 39 heavy (non-hydrogen) atoms. The Hall–Kier alpha value is -4.39. The van der Waals surface area contributed by atoms with Crippen LogP contribution in [0.15, 0.2) is 72.3 Å². The van der Waals surface area contributed by atoms with Gasteiger partial charge in [0.25, 0.3) is 11.7 Å². The van der Waals surface area contributed by atoms with E-state index in [1.165, 1.54) is 19.1 Å². The van der Waals surface area contributed by atoms with E-state index in [1.807, 2.05) is 37.3 Å². The van der Waals surface area contributed by atoms with Crippen molar-refractivity contribution < 1.29 is 29.0 Å². The Morgan fingerprint density at radius 3 is 2.23 bits per heavy atom. The zero-order chi connectivity index (χ0) is 28.5. The second kappa shape index (κ2) is 10.8. The number of ketones is 1. The zero-order valence-electron chi connectivity index (χ0n) is 23.1. The lowest BCUT2D eigenvalue weighted by Crippen LogP contribution is -2.29. The number of rotatable bonds is 6. The molecule has 7 nitrogen and oxygen atoms in total. The number of carbonyl (C=O) groups excluding carboxylic acids is 3.